The van der Waals surface area contributed by atoms with Crippen LogP contribution in [0, 0.1) is 12.8 Å². The van der Waals surface area contributed by atoms with Crippen LogP contribution in [0.25, 0.3) is 11.3 Å². The molecule has 2 N–H and O–H groups in total. The Labute approximate surface area is 131 Å². The summed E-state index contributed by atoms with van der Waals surface area (Å²) in [6, 6.07) is 11.3. The summed E-state index contributed by atoms with van der Waals surface area (Å²) in [5.41, 5.74) is 3.35. The summed E-state index contributed by atoms with van der Waals surface area (Å²) in [5, 5.41) is 12.1. The van der Waals surface area contributed by atoms with E-state index in [1.165, 1.54) is 0 Å². The van der Waals surface area contributed by atoms with E-state index >= 15 is 0 Å². The summed E-state index contributed by atoms with van der Waals surface area (Å²) >= 11 is 0. The number of rotatable bonds is 5. The van der Waals surface area contributed by atoms with Crippen molar-refractivity contribution < 1.29 is 9.90 Å². The topological polar surface area (TPSA) is 62.2 Å². The van der Waals surface area contributed by atoms with Crippen molar-refractivity contribution in [3.05, 3.63) is 53.7 Å². The average molecular weight is 298 g/mol. The van der Waals surface area contributed by atoms with E-state index in [4.69, 9.17) is 0 Å². The molecular formula is C18H22N2O2. The molecule has 1 amide bonds. The maximum absolute atomic E-state index is 12.5. The third-order valence-corrected chi connectivity index (χ3v) is 4.02. The van der Waals surface area contributed by atoms with Crippen LogP contribution in [0.15, 0.2) is 42.6 Å². The van der Waals surface area contributed by atoms with Gasteiger partial charge in [-0.2, -0.15) is 0 Å². The van der Waals surface area contributed by atoms with Gasteiger partial charge in [0.25, 0.3) is 5.91 Å². The summed E-state index contributed by atoms with van der Waals surface area (Å²) in [6.07, 6.45) is 1.74. The van der Waals surface area contributed by atoms with Crippen molar-refractivity contribution in [2.45, 2.75) is 26.8 Å². The Kier molecular flexibility index (Phi) is 5.28. The Hall–Kier alpha value is -2.20. The largest absolute Gasteiger partial charge is 0.396 e. The number of pyridine rings is 1. The fourth-order valence-corrected chi connectivity index (χ4v) is 2.27. The van der Waals surface area contributed by atoms with Crippen LogP contribution in [-0.2, 0) is 0 Å². The molecule has 1 heterocycles. The zero-order valence-corrected chi connectivity index (χ0v) is 13.2. The lowest BCUT2D eigenvalue weighted by atomic mass is 9.98. The van der Waals surface area contributed by atoms with E-state index in [0.717, 1.165) is 16.8 Å². The zero-order valence-electron chi connectivity index (χ0n) is 13.2. The van der Waals surface area contributed by atoms with Crippen LogP contribution in [0.4, 0.5) is 0 Å². The first-order valence-electron chi connectivity index (χ1n) is 7.47. The molecule has 0 aliphatic rings. The molecule has 0 bridgehead atoms. The molecular weight excluding hydrogens is 276 g/mol. The third-order valence-electron chi connectivity index (χ3n) is 4.02. The van der Waals surface area contributed by atoms with Gasteiger partial charge in [0.05, 0.1) is 5.69 Å². The van der Waals surface area contributed by atoms with Crippen LogP contribution < -0.4 is 5.32 Å². The van der Waals surface area contributed by atoms with Crippen molar-refractivity contribution in [2.75, 3.05) is 6.61 Å². The fraction of sp³-hybridized carbons (Fsp3) is 0.333. The normalized spacial score (nSPS) is 13.5. The molecule has 4 nitrogen and oxygen atoms in total. The molecule has 0 fully saturated rings. The second kappa shape index (κ2) is 7.18. The maximum atomic E-state index is 12.5. The van der Waals surface area contributed by atoms with Crippen LogP contribution in [0.5, 0.6) is 0 Å². The number of hydrogen-bond acceptors (Lipinski definition) is 3. The molecule has 0 saturated heterocycles. The number of benzene rings is 1. The monoisotopic (exact) mass is 298 g/mol. The van der Waals surface area contributed by atoms with Gasteiger partial charge in [0.15, 0.2) is 0 Å². The van der Waals surface area contributed by atoms with E-state index in [2.05, 4.69) is 10.3 Å². The van der Waals surface area contributed by atoms with E-state index in [0.29, 0.717) is 5.56 Å². The van der Waals surface area contributed by atoms with Crippen molar-refractivity contribution in [1.29, 1.82) is 0 Å². The molecule has 116 valence electrons. The predicted molar refractivity (Wildman–Crippen MR) is 87.6 cm³/mol. The SMILES string of the molecule is Cc1c(C(=O)NC(C)C(C)CO)cccc1-c1ccccn1. The Bertz CT molecular complexity index is 641. The van der Waals surface area contributed by atoms with Gasteiger partial charge in [-0.15, -0.1) is 0 Å². The van der Waals surface area contributed by atoms with Crippen LogP contribution >= 0.6 is 0 Å². The molecule has 1 aromatic carbocycles. The van der Waals surface area contributed by atoms with E-state index in [-0.39, 0.29) is 24.5 Å². The van der Waals surface area contributed by atoms with E-state index in [1.54, 1.807) is 6.20 Å². The highest BCUT2D eigenvalue weighted by molar-refractivity contribution is 5.97. The Morgan fingerprint density at radius 2 is 2.00 bits per heavy atom. The van der Waals surface area contributed by atoms with Crippen molar-refractivity contribution in [1.82, 2.24) is 10.3 Å². The third kappa shape index (κ3) is 3.52. The Balaban J connectivity index is 2.28. The number of carbonyl (C=O) groups is 1. The van der Waals surface area contributed by atoms with Crippen LogP contribution in [0.3, 0.4) is 0 Å². The Morgan fingerprint density at radius 3 is 2.64 bits per heavy atom. The van der Waals surface area contributed by atoms with Gasteiger partial charge in [-0.25, -0.2) is 0 Å². The molecule has 0 aliphatic carbocycles. The van der Waals surface area contributed by atoms with Crippen molar-refractivity contribution in [3.63, 3.8) is 0 Å². The van der Waals surface area contributed by atoms with Gasteiger partial charge in [0.1, 0.15) is 0 Å². The molecule has 4 heteroatoms. The molecule has 0 saturated carbocycles. The smallest absolute Gasteiger partial charge is 0.251 e. The van der Waals surface area contributed by atoms with Crippen LogP contribution in [0.2, 0.25) is 0 Å². The number of nitrogens with one attached hydrogen (secondary N) is 1. The number of nitrogens with zero attached hydrogens (tertiary/aromatic N) is 1. The number of hydrogen-bond donors (Lipinski definition) is 2. The van der Waals surface area contributed by atoms with Crippen LogP contribution in [-0.4, -0.2) is 28.6 Å². The highest BCUT2D eigenvalue weighted by Crippen LogP contribution is 2.24. The highest BCUT2D eigenvalue weighted by atomic mass is 16.3. The van der Waals surface area contributed by atoms with Gasteiger partial charge < -0.3 is 10.4 Å². The summed E-state index contributed by atoms with van der Waals surface area (Å²) in [5.74, 6) is -0.105. The molecule has 2 unspecified atom stereocenters. The standard InChI is InChI=1S/C18H22N2O2/c1-12(11-21)14(3)20-18(22)16-8-6-7-15(13(16)2)17-9-4-5-10-19-17/h4-10,12,14,21H,11H2,1-3H3,(H,20,22). The fourth-order valence-electron chi connectivity index (χ4n) is 2.27. The molecule has 0 spiro atoms. The van der Waals surface area contributed by atoms with E-state index < -0.39 is 0 Å². The van der Waals surface area contributed by atoms with Gasteiger partial charge >= 0.3 is 0 Å². The Morgan fingerprint density at radius 1 is 1.23 bits per heavy atom. The molecule has 0 aliphatic heterocycles. The van der Waals surface area contributed by atoms with Crippen molar-refractivity contribution >= 4 is 5.91 Å². The van der Waals surface area contributed by atoms with Crippen molar-refractivity contribution in [2.24, 2.45) is 5.92 Å². The highest BCUT2D eigenvalue weighted by Gasteiger charge is 2.18. The molecule has 2 rings (SSSR count). The lowest BCUT2D eigenvalue weighted by Crippen LogP contribution is -2.38. The average Bonchev–Trinajstić information content (AvgIpc) is 2.54. The van der Waals surface area contributed by atoms with Gasteiger partial charge in [0, 0.05) is 30.0 Å². The van der Waals surface area contributed by atoms with E-state index in [9.17, 15) is 9.90 Å². The molecule has 1 aromatic heterocycles. The molecule has 2 atom stereocenters. The second-order valence-corrected chi connectivity index (χ2v) is 5.62. The quantitative estimate of drug-likeness (QED) is 0.892. The first-order valence-corrected chi connectivity index (χ1v) is 7.47. The lowest BCUT2D eigenvalue weighted by Gasteiger charge is -2.20. The molecule has 22 heavy (non-hydrogen) atoms. The predicted octanol–water partition coefficient (Wildman–Crippen LogP) is 2.80. The minimum atomic E-state index is -0.122. The molecule has 0 radical (unpaired) electrons. The number of aromatic nitrogens is 1. The minimum absolute atomic E-state index is 0.0169. The molecule has 2 aromatic rings. The van der Waals surface area contributed by atoms with Crippen molar-refractivity contribution in [3.8, 4) is 11.3 Å². The van der Waals surface area contributed by atoms with Gasteiger partial charge in [-0.05, 0) is 43.5 Å². The lowest BCUT2D eigenvalue weighted by molar-refractivity contribution is 0.0915. The number of aliphatic hydroxyl groups is 1. The summed E-state index contributed by atoms with van der Waals surface area (Å²) in [7, 11) is 0. The summed E-state index contributed by atoms with van der Waals surface area (Å²) < 4.78 is 0. The van der Waals surface area contributed by atoms with Gasteiger partial charge in [-0.1, -0.05) is 25.1 Å². The van der Waals surface area contributed by atoms with E-state index in [1.807, 2.05) is 57.2 Å². The number of aliphatic hydroxyl groups excluding tert-OH is 1. The number of carbonyl (C=O) groups excluding carboxylic acids is 1. The second-order valence-electron chi connectivity index (χ2n) is 5.62. The van der Waals surface area contributed by atoms with Gasteiger partial charge in [0.2, 0.25) is 0 Å². The summed E-state index contributed by atoms with van der Waals surface area (Å²) in [4.78, 5) is 16.8. The van der Waals surface area contributed by atoms with Crippen LogP contribution in [0.1, 0.15) is 29.8 Å². The first kappa shape index (κ1) is 16.2. The van der Waals surface area contributed by atoms with Gasteiger partial charge in [-0.3, -0.25) is 9.78 Å². The summed E-state index contributed by atoms with van der Waals surface area (Å²) in [6.45, 7) is 5.78. The zero-order chi connectivity index (χ0) is 16.1. The minimum Gasteiger partial charge on any atom is -0.396 e. The maximum Gasteiger partial charge on any atom is 0.251 e. The first-order chi connectivity index (χ1) is 10.5. The number of amides is 1.